The minimum atomic E-state index is -0.216. The molecule has 6 nitrogen and oxygen atoms in total. The molecular formula is C19H17Cl2N3O3S. The molecule has 0 bridgehead atoms. The molecule has 0 aliphatic carbocycles. The van der Waals surface area contributed by atoms with E-state index >= 15 is 0 Å². The highest BCUT2D eigenvalue weighted by atomic mass is 35.5. The smallest absolute Gasteiger partial charge is 0.278 e. The van der Waals surface area contributed by atoms with E-state index in [1.807, 2.05) is 6.92 Å². The van der Waals surface area contributed by atoms with Crippen molar-refractivity contribution < 1.29 is 14.0 Å². The van der Waals surface area contributed by atoms with Crippen molar-refractivity contribution in [3.63, 3.8) is 0 Å². The standard InChI is InChI=1S/C19H17Cl2N3O3S/c1-2-24-18(26)16(9-12-5-6-14(20)15(21)8-12)23-19(24)28-11-17(25)22-10-13-4-3-7-27-13/h3-9H,2,10-11H2,1H3,(H,22,25). The third kappa shape index (κ3) is 4.98. The summed E-state index contributed by atoms with van der Waals surface area (Å²) in [6.45, 7) is 2.63. The van der Waals surface area contributed by atoms with E-state index < -0.39 is 0 Å². The van der Waals surface area contributed by atoms with Crippen LogP contribution in [0.5, 0.6) is 0 Å². The average molecular weight is 438 g/mol. The first-order chi connectivity index (χ1) is 13.5. The number of furan rings is 1. The van der Waals surface area contributed by atoms with Crippen LogP contribution in [0.1, 0.15) is 18.2 Å². The van der Waals surface area contributed by atoms with Gasteiger partial charge in [0.2, 0.25) is 5.91 Å². The molecule has 2 aromatic rings. The number of nitrogens with zero attached hydrogens (tertiary/aromatic N) is 2. The van der Waals surface area contributed by atoms with Crippen molar-refractivity contribution in [1.29, 1.82) is 0 Å². The highest BCUT2D eigenvalue weighted by Crippen LogP contribution is 2.27. The van der Waals surface area contributed by atoms with Gasteiger partial charge in [-0.2, -0.15) is 0 Å². The Morgan fingerprint density at radius 1 is 1.32 bits per heavy atom. The zero-order valence-corrected chi connectivity index (χ0v) is 17.3. The quantitative estimate of drug-likeness (QED) is 0.687. The van der Waals surface area contributed by atoms with Gasteiger partial charge in [-0.1, -0.05) is 41.0 Å². The fraction of sp³-hybridized carbons (Fsp3) is 0.211. The van der Waals surface area contributed by atoms with Crippen LogP contribution in [0.2, 0.25) is 10.0 Å². The summed E-state index contributed by atoms with van der Waals surface area (Å²) < 4.78 is 5.17. The van der Waals surface area contributed by atoms with Crippen molar-refractivity contribution in [2.45, 2.75) is 13.5 Å². The number of amides is 2. The van der Waals surface area contributed by atoms with E-state index in [1.165, 1.54) is 16.7 Å². The maximum atomic E-state index is 12.6. The second-order valence-electron chi connectivity index (χ2n) is 5.79. The molecule has 0 spiro atoms. The summed E-state index contributed by atoms with van der Waals surface area (Å²) in [4.78, 5) is 30.6. The number of likely N-dealkylation sites (N-methyl/N-ethyl adjacent to an activating group) is 1. The van der Waals surface area contributed by atoms with Crippen LogP contribution < -0.4 is 5.32 Å². The number of carbonyl (C=O) groups is 2. The van der Waals surface area contributed by atoms with Crippen LogP contribution in [0.3, 0.4) is 0 Å². The maximum absolute atomic E-state index is 12.6. The van der Waals surface area contributed by atoms with Crippen molar-refractivity contribution in [2.75, 3.05) is 12.3 Å². The number of halogens is 2. The Labute approximate surface area is 176 Å². The summed E-state index contributed by atoms with van der Waals surface area (Å²) in [7, 11) is 0. The Morgan fingerprint density at radius 3 is 2.82 bits per heavy atom. The lowest BCUT2D eigenvalue weighted by Gasteiger charge is -2.14. The van der Waals surface area contributed by atoms with E-state index in [2.05, 4.69) is 10.3 Å². The first-order valence-electron chi connectivity index (χ1n) is 8.47. The van der Waals surface area contributed by atoms with Crippen molar-refractivity contribution >= 4 is 58.0 Å². The van der Waals surface area contributed by atoms with Crippen LogP contribution in [-0.4, -0.2) is 34.2 Å². The summed E-state index contributed by atoms with van der Waals surface area (Å²) in [5, 5.41) is 4.10. The van der Waals surface area contributed by atoms with Crippen LogP contribution >= 0.6 is 35.0 Å². The summed E-state index contributed by atoms with van der Waals surface area (Å²) in [6, 6.07) is 8.63. The number of nitrogens with one attached hydrogen (secondary N) is 1. The molecular weight excluding hydrogens is 421 g/mol. The summed E-state index contributed by atoms with van der Waals surface area (Å²) >= 11 is 13.2. The predicted octanol–water partition coefficient (Wildman–Crippen LogP) is 4.20. The second kappa shape index (κ2) is 9.32. The van der Waals surface area contributed by atoms with E-state index in [1.54, 1.807) is 42.7 Å². The molecule has 1 aliphatic rings. The van der Waals surface area contributed by atoms with E-state index in [4.69, 9.17) is 27.6 Å². The van der Waals surface area contributed by atoms with Gasteiger partial charge >= 0.3 is 0 Å². The number of aliphatic imine (C=N–C) groups is 1. The van der Waals surface area contributed by atoms with Gasteiger partial charge in [-0.25, -0.2) is 4.99 Å². The van der Waals surface area contributed by atoms with Crippen molar-refractivity contribution in [2.24, 2.45) is 4.99 Å². The van der Waals surface area contributed by atoms with Crippen molar-refractivity contribution in [3.05, 3.63) is 63.7 Å². The molecule has 1 aromatic heterocycles. The number of benzene rings is 1. The number of amidine groups is 1. The molecule has 1 N–H and O–H groups in total. The van der Waals surface area contributed by atoms with Gasteiger partial charge in [-0.05, 0) is 42.8 Å². The SMILES string of the molecule is CCN1C(=O)C(=Cc2ccc(Cl)c(Cl)c2)N=C1SCC(=O)NCc1ccco1. The monoisotopic (exact) mass is 437 g/mol. The maximum Gasteiger partial charge on any atom is 0.278 e. The third-order valence-electron chi connectivity index (χ3n) is 3.85. The van der Waals surface area contributed by atoms with E-state index in [9.17, 15) is 9.59 Å². The topological polar surface area (TPSA) is 74.9 Å². The molecule has 0 unspecified atom stereocenters. The van der Waals surface area contributed by atoms with E-state index in [0.717, 1.165) is 5.56 Å². The fourth-order valence-corrected chi connectivity index (χ4v) is 3.66. The van der Waals surface area contributed by atoms with Crippen LogP contribution in [0.25, 0.3) is 6.08 Å². The van der Waals surface area contributed by atoms with Crippen LogP contribution in [-0.2, 0) is 16.1 Å². The Bertz CT molecular complexity index is 942. The van der Waals surface area contributed by atoms with Gasteiger partial charge in [0.05, 0.1) is 28.6 Å². The van der Waals surface area contributed by atoms with E-state index in [-0.39, 0.29) is 17.6 Å². The summed E-state index contributed by atoms with van der Waals surface area (Å²) in [5.41, 5.74) is 1.01. The molecule has 0 radical (unpaired) electrons. The zero-order valence-electron chi connectivity index (χ0n) is 14.9. The Kier molecular flexibility index (Phi) is 6.83. The minimum absolute atomic E-state index is 0.142. The number of carbonyl (C=O) groups excluding carboxylic acids is 2. The molecule has 1 aliphatic heterocycles. The predicted molar refractivity (Wildman–Crippen MR) is 112 cm³/mol. The Balaban J connectivity index is 1.66. The van der Waals surface area contributed by atoms with Crippen LogP contribution in [0.4, 0.5) is 0 Å². The summed E-state index contributed by atoms with van der Waals surface area (Å²) in [5.74, 6) is 0.430. The Hall–Kier alpha value is -2.22. The minimum Gasteiger partial charge on any atom is -0.467 e. The first kappa shape index (κ1) is 20.5. The molecule has 2 heterocycles. The average Bonchev–Trinajstić information content (AvgIpc) is 3.29. The molecule has 28 heavy (non-hydrogen) atoms. The normalized spacial score (nSPS) is 15.2. The lowest BCUT2D eigenvalue weighted by Crippen LogP contribution is -2.32. The number of thioether (sulfide) groups is 1. The molecule has 0 saturated carbocycles. The number of hydrogen-bond acceptors (Lipinski definition) is 5. The molecule has 1 aromatic carbocycles. The highest BCUT2D eigenvalue weighted by Gasteiger charge is 2.29. The van der Waals surface area contributed by atoms with Gasteiger partial charge in [0.25, 0.3) is 5.91 Å². The largest absolute Gasteiger partial charge is 0.467 e. The van der Waals surface area contributed by atoms with Crippen molar-refractivity contribution in [1.82, 2.24) is 10.2 Å². The molecule has 9 heteroatoms. The van der Waals surface area contributed by atoms with Gasteiger partial charge in [-0.3, -0.25) is 14.5 Å². The molecule has 0 saturated heterocycles. The van der Waals surface area contributed by atoms with Crippen LogP contribution in [0, 0.1) is 0 Å². The van der Waals surface area contributed by atoms with Gasteiger partial charge in [-0.15, -0.1) is 0 Å². The fourth-order valence-electron chi connectivity index (χ4n) is 2.46. The molecule has 0 atom stereocenters. The van der Waals surface area contributed by atoms with Gasteiger partial charge in [0.1, 0.15) is 11.5 Å². The number of hydrogen-bond donors (Lipinski definition) is 1. The van der Waals surface area contributed by atoms with E-state index in [0.29, 0.717) is 39.8 Å². The molecule has 3 rings (SSSR count). The third-order valence-corrected chi connectivity index (χ3v) is 5.56. The molecule has 2 amide bonds. The lowest BCUT2D eigenvalue weighted by molar-refractivity contribution is -0.122. The molecule has 146 valence electrons. The zero-order chi connectivity index (χ0) is 20.1. The Morgan fingerprint density at radius 2 is 2.14 bits per heavy atom. The van der Waals surface area contributed by atoms with Gasteiger partial charge < -0.3 is 9.73 Å². The van der Waals surface area contributed by atoms with Crippen molar-refractivity contribution in [3.8, 4) is 0 Å². The number of rotatable bonds is 6. The van der Waals surface area contributed by atoms with Gasteiger partial charge in [0.15, 0.2) is 5.17 Å². The first-order valence-corrected chi connectivity index (χ1v) is 10.2. The highest BCUT2D eigenvalue weighted by molar-refractivity contribution is 8.14. The van der Waals surface area contributed by atoms with Crippen LogP contribution in [0.15, 0.2) is 51.7 Å². The summed E-state index contributed by atoms with van der Waals surface area (Å²) in [6.07, 6.45) is 3.20. The lowest BCUT2D eigenvalue weighted by atomic mass is 10.2. The molecule has 0 fully saturated rings. The second-order valence-corrected chi connectivity index (χ2v) is 7.55. The van der Waals surface area contributed by atoms with Gasteiger partial charge in [0, 0.05) is 6.54 Å².